The van der Waals surface area contributed by atoms with Crippen LogP contribution in [0.3, 0.4) is 0 Å². The Morgan fingerprint density at radius 2 is 1.59 bits per heavy atom. The number of para-hydroxylation sites is 1. The van der Waals surface area contributed by atoms with Gasteiger partial charge in [0, 0.05) is 13.3 Å². The van der Waals surface area contributed by atoms with Crippen LogP contribution in [0.4, 0.5) is 0 Å². The molecule has 0 N–H and O–H groups in total. The molecule has 1 unspecified atom stereocenters. The summed E-state index contributed by atoms with van der Waals surface area (Å²) in [4.78, 5) is 61.0. The quantitative estimate of drug-likeness (QED) is 0.0850. The average molecular weight is 483 g/mol. The number of benzene rings is 1. The maximum atomic E-state index is 12.2. The molecule has 0 aliphatic heterocycles. The summed E-state index contributed by atoms with van der Waals surface area (Å²) < 4.78 is 20.1. The number of carbonyl (C=O) groups is 4. The first kappa shape index (κ1) is 28.3. The van der Waals surface area contributed by atoms with Crippen molar-refractivity contribution in [2.75, 3.05) is 19.8 Å². The van der Waals surface area contributed by atoms with Gasteiger partial charge in [0.1, 0.15) is 11.3 Å². The molecule has 0 aliphatic rings. The molecular formula is C22H29NO11. The third-order valence-corrected chi connectivity index (χ3v) is 4.24. The zero-order chi connectivity index (χ0) is 25.3. The highest BCUT2D eigenvalue weighted by Crippen LogP contribution is 2.19. The summed E-state index contributed by atoms with van der Waals surface area (Å²) in [5, 5.41) is 9.10. The van der Waals surface area contributed by atoms with E-state index >= 15 is 0 Å². The number of ether oxygens (including phenoxy) is 4. The van der Waals surface area contributed by atoms with E-state index in [9.17, 15) is 29.3 Å². The predicted octanol–water partition coefficient (Wildman–Crippen LogP) is 2.79. The number of rotatable bonds is 16. The van der Waals surface area contributed by atoms with E-state index in [-0.39, 0.29) is 37.6 Å². The van der Waals surface area contributed by atoms with E-state index in [4.69, 9.17) is 18.9 Å². The Hall–Kier alpha value is -3.70. The molecule has 1 rings (SSSR count). The van der Waals surface area contributed by atoms with Crippen molar-refractivity contribution in [3.05, 3.63) is 39.9 Å². The summed E-state index contributed by atoms with van der Waals surface area (Å²) in [7, 11) is 0. The third-order valence-electron chi connectivity index (χ3n) is 4.24. The van der Waals surface area contributed by atoms with Crippen molar-refractivity contribution in [2.24, 2.45) is 0 Å². The highest BCUT2D eigenvalue weighted by atomic mass is 16.9. The van der Waals surface area contributed by atoms with E-state index in [2.05, 4.69) is 4.84 Å². The van der Waals surface area contributed by atoms with Gasteiger partial charge in [0.15, 0.2) is 6.10 Å². The molecule has 1 aromatic carbocycles. The molecule has 0 fully saturated rings. The van der Waals surface area contributed by atoms with E-state index in [0.29, 0.717) is 32.1 Å². The smallest absolute Gasteiger partial charge is 0.347 e. The van der Waals surface area contributed by atoms with Gasteiger partial charge in [0.05, 0.1) is 19.8 Å². The fourth-order valence-electron chi connectivity index (χ4n) is 2.61. The van der Waals surface area contributed by atoms with Gasteiger partial charge in [-0.3, -0.25) is 9.59 Å². The molecule has 0 amide bonds. The molecule has 188 valence electrons. The molecule has 0 aromatic heterocycles. The van der Waals surface area contributed by atoms with E-state index in [1.54, 1.807) is 12.1 Å². The van der Waals surface area contributed by atoms with Crippen LogP contribution in [-0.4, -0.2) is 54.9 Å². The second-order valence-corrected chi connectivity index (χ2v) is 7.10. The van der Waals surface area contributed by atoms with E-state index in [0.717, 1.165) is 0 Å². The molecule has 0 heterocycles. The molecular weight excluding hydrogens is 454 g/mol. The molecule has 1 atom stereocenters. The van der Waals surface area contributed by atoms with E-state index < -0.39 is 35.1 Å². The Bertz CT molecular complexity index is 840. The van der Waals surface area contributed by atoms with Gasteiger partial charge in [-0.15, -0.1) is 10.1 Å². The normalized spacial score (nSPS) is 11.1. The highest BCUT2D eigenvalue weighted by Gasteiger charge is 2.19. The van der Waals surface area contributed by atoms with Crippen LogP contribution in [0, 0.1) is 10.1 Å². The molecule has 12 nitrogen and oxygen atoms in total. The lowest BCUT2D eigenvalue weighted by atomic mass is 10.2. The van der Waals surface area contributed by atoms with Crippen LogP contribution in [0.1, 0.15) is 62.7 Å². The van der Waals surface area contributed by atoms with Gasteiger partial charge in [0.2, 0.25) is 0 Å². The number of carbonyl (C=O) groups excluding carboxylic acids is 4. The molecule has 0 radical (unpaired) electrons. The van der Waals surface area contributed by atoms with Crippen molar-refractivity contribution in [3.8, 4) is 5.75 Å². The standard InChI is InChI=1S/C22H29NO11/c1-16(21(26)30-14-8-9-15-32-23(28)29)33-20(25)12-4-3-7-13-31-22(27)18-10-5-6-11-19(18)34-17(2)24/h5-6,10-11,16H,3-4,7-9,12-15H2,1-2H3. The van der Waals surface area contributed by atoms with Crippen molar-refractivity contribution in [1.29, 1.82) is 0 Å². The Morgan fingerprint density at radius 3 is 2.29 bits per heavy atom. The zero-order valence-electron chi connectivity index (χ0n) is 19.2. The van der Waals surface area contributed by atoms with Crippen LogP contribution in [0.5, 0.6) is 5.75 Å². The van der Waals surface area contributed by atoms with E-state index in [1.807, 2.05) is 0 Å². The van der Waals surface area contributed by atoms with Gasteiger partial charge < -0.3 is 23.8 Å². The zero-order valence-corrected chi connectivity index (χ0v) is 19.2. The fraction of sp³-hybridized carbons (Fsp3) is 0.545. The Kier molecular flexibility index (Phi) is 13.3. The first-order valence-electron chi connectivity index (χ1n) is 10.8. The summed E-state index contributed by atoms with van der Waals surface area (Å²) in [5.74, 6) is -2.30. The van der Waals surface area contributed by atoms with Crippen molar-refractivity contribution in [1.82, 2.24) is 0 Å². The van der Waals surface area contributed by atoms with Gasteiger partial charge in [-0.2, -0.15) is 0 Å². The second-order valence-electron chi connectivity index (χ2n) is 7.10. The molecule has 34 heavy (non-hydrogen) atoms. The maximum absolute atomic E-state index is 12.2. The summed E-state index contributed by atoms with van der Waals surface area (Å²) in [5.41, 5.74) is 0.145. The molecule has 0 saturated carbocycles. The summed E-state index contributed by atoms with van der Waals surface area (Å²) in [6.07, 6.45) is 1.29. The van der Waals surface area contributed by atoms with Crippen molar-refractivity contribution >= 4 is 23.9 Å². The molecule has 1 aromatic rings. The number of esters is 4. The van der Waals surface area contributed by atoms with E-state index in [1.165, 1.54) is 26.0 Å². The topological polar surface area (TPSA) is 158 Å². The Morgan fingerprint density at radius 1 is 0.941 bits per heavy atom. The lowest BCUT2D eigenvalue weighted by Crippen LogP contribution is -2.26. The number of hydrogen-bond donors (Lipinski definition) is 0. The van der Waals surface area contributed by atoms with Crippen molar-refractivity contribution in [3.63, 3.8) is 0 Å². The first-order valence-corrected chi connectivity index (χ1v) is 10.8. The summed E-state index contributed by atoms with van der Waals surface area (Å²) >= 11 is 0. The van der Waals surface area contributed by atoms with Crippen molar-refractivity contribution in [2.45, 2.75) is 58.5 Å². The Labute approximate surface area is 196 Å². The van der Waals surface area contributed by atoms with Gasteiger partial charge in [-0.25, -0.2) is 9.59 Å². The second kappa shape index (κ2) is 16.0. The van der Waals surface area contributed by atoms with Gasteiger partial charge in [-0.1, -0.05) is 12.1 Å². The van der Waals surface area contributed by atoms with Crippen LogP contribution in [0.15, 0.2) is 24.3 Å². The maximum Gasteiger partial charge on any atom is 0.347 e. The third kappa shape index (κ3) is 12.4. The molecule has 12 heteroatoms. The minimum Gasteiger partial charge on any atom is -0.463 e. The fourth-order valence-corrected chi connectivity index (χ4v) is 2.61. The van der Waals surface area contributed by atoms with Crippen LogP contribution in [0.25, 0.3) is 0 Å². The molecule has 0 saturated heterocycles. The molecule has 0 spiro atoms. The average Bonchev–Trinajstić information content (AvgIpc) is 2.77. The highest BCUT2D eigenvalue weighted by molar-refractivity contribution is 5.93. The number of unbranched alkanes of at least 4 members (excludes halogenated alkanes) is 3. The predicted molar refractivity (Wildman–Crippen MR) is 115 cm³/mol. The number of hydrogen-bond acceptors (Lipinski definition) is 11. The minimum absolute atomic E-state index is 0.0336. The molecule has 0 aliphatic carbocycles. The number of nitrogens with zero attached hydrogens (tertiary/aromatic N) is 1. The lowest BCUT2D eigenvalue weighted by molar-refractivity contribution is -0.757. The molecule has 0 bridgehead atoms. The van der Waals surface area contributed by atoms with Crippen LogP contribution < -0.4 is 4.74 Å². The van der Waals surface area contributed by atoms with Crippen LogP contribution >= 0.6 is 0 Å². The largest absolute Gasteiger partial charge is 0.463 e. The minimum atomic E-state index is -1.07. The van der Waals surface area contributed by atoms with Gasteiger partial charge in [0.25, 0.3) is 5.09 Å². The SMILES string of the molecule is CC(=O)Oc1ccccc1C(=O)OCCCCCC(=O)OC(C)C(=O)OCCCCO[N+](=O)[O-]. The van der Waals surface area contributed by atoms with Gasteiger partial charge in [-0.05, 0) is 51.2 Å². The summed E-state index contributed by atoms with van der Waals surface area (Å²) in [6.45, 7) is 2.69. The van der Waals surface area contributed by atoms with Crippen molar-refractivity contribution < 1.29 is 48.0 Å². The monoisotopic (exact) mass is 483 g/mol. The van der Waals surface area contributed by atoms with Gasteiger partial charge >= 0.3 is 23.9 Å². The van der Waals surface area contributed by atoms with Crippen LogP contribution in [-0.2, 0) is 33.4 Å². The van der Waals surface area contributed by atoms with Crippen LogP contribution in [0.2, 0.25) is 0 Å². The Balaban J connectivity index is 2.16. The lowest BCUT2D eigenvalue weighted by Gasteiger charge is -2.13. The summed E-state index contributed by atoms with van der Waals surface area (Å²) in [6, 6.07) is 6.25. The first-order chi connectivity index (χ1) is 16.2.